The largest absolute Gasteiger partial charge is 0.314 e. The predicted octanol–water partition coefficient (Wildman–Crippen LogP) is 4.23. The maximum atomic E-state index is 13.0. The molecule has 3 aromatic carbocycles. The number of benzene rings is 3. The Morgan fingerprint density at radius 3 is 2.24 bits per heavy atom. The van der Waals surface area contributed by atoms with Gasteiger partial charge in [-0.3, -0.25) is 19.3 Å². The Kier molecular flexibility index (Phi) is 6.92. The number of carbonyl (C=O) groups is 3. The van der Waals surface area contributed by atoms with Crippen LogP contribution in [-0.2, 0) is 9.59 Å². The molecule has 1 aliphatic rings. The Labute approximate surface area is 224 Å². The smallest absolute Gasteiger partial charge is 0.271 e. The number of thiocarbonyl (C=S) groups is 1. The van der Waals surface area contributed by atoms with E-state index >= 15 is 0 Å². The summed E-state index contributed by atoms with van der Waals surface area (Å²) in [6.07, 6.45) is 1.11. The van der Waals surface area contributed by atoms with Crippen LogP contribution < -0.4 is 15.6 Å². The van der Waals surface area contributed by atoms with Crippen molar-refractivity contribution in [2.75, 3.05) is 4.90 Å². The number of hydrogen-bond donors (Lipinski definition) is 2. The summed E-state index contributed by atoms with van der Waals surface area (Å²) in [6.45, 7) is 2.02. The van der Waals surface area contributed by atoms with Crippen molar-refractivity contribution < 1.29 is 14.4 Å². The zero-order valence-electron chi connectivity index (χ0n) is 20.4. The summed E-state index contributed by atoms with van der Waals surface area (Å²) in [4.78, 5) is 39.3. The highest BCUT2D eigenvalue weighted by molar-refractivity contribution is 7.80. The van der Waals surface area contributed by atoms with Gasteiger partial charge in [0.15, 0.2) is 11.0 Å². The van der Waals surface area contributed by atoms with E-state index in [1.165, 1.54) is 4.90 Å². The van der Waals surface area contributed by atoms with Crippen LogP contribution >= 0.6 is 12.2 Å². The summed E-state index contributed by atoms with van der Waals surface area (Å²) in [5.41, 5.74) is 7.40. The average molecular weight is 522 g/mol. The summed E-state index contributed by atoms with van der Waals surface area (Å²) in [5, 5.41) is 6.39. The Bertz CT molecular complexity index is 1550. The molecule has 188 valence electrons. The molecule has 2 heterocycles. The molecule has 2 N–H and O–H groups in total. The van der Waals surface area contributed by atoms with E-state index in [9.17, 15) is 14.4 Å². The lowest BCUT2D eigenvalue weighted by Gasteiger charge is -2.30. The monoisotopic (exact) mass is 521 g/mol. The maximum Gasteiger partial charge on any atom is 0.271 e. The van der Waals surface area contributed by atoms with Gasteiger partial charge < -0.3 is 9.88 Å². The molecule has 4 aromatic rings. The number of hydrogen-bond acceptors (Lipinski definition) is 5. The van der Waals surface area contributed by atoms with E-state index in [0.29, 0.717) is 11.3 Å². The first-order valence-corrected chi connectivity index (χ1v) is 12.3. The lowest BCUT2D eigenvalue weighted by molar-refractivity contribution is -0.130. The standard InChI is InChI=1S/C29H23N5O3S/c1-19-12-17-25(20-8-4-2-5-9-20)33(19)23-15-13-21(14-16-23)26(35)32-30-18-24-27(36)31-29(38)34(28(24)37)22-10-6-3-7-11-22/h2-18,24H,1H3,(H,32,35)(H,31,36,38)/b30-18+/t24-/m1/s1. The van der Waals surface area contributed by atoms with Gasteiger partial charge >= 0.3 is 0 Å². The highest BCUT2D eigenvalue weighted by Gasteiger charge is 2.38. The number of rotatable bonds is 6. The highest BCUT2D eigenvalue weighted by Crippen LogP contribution is 2.26. The zero-order valence-corrected chi connectivity index (χ0v) is 21.2. The van der Waals surface area contributed by atoms with Crippen LogP contribution in [0.1, 0.15) is 16.1 Å². The van der Waals surface area contributed by atoms with E-state index in [2.05, 4.69) is 38.6 Å². The van der Waals surface area contributed by atoms with Crippen LogP contribution in [0.15, 0.2) is 102 Å². The molecule has 0 unspecified atom stereocenters. The van der Waals surface area contributed by atoms with Crippen LogP contribution in [0, 0.1) is 12.8 Å². The number of aromatic nitrogens is 1. The quantitative estimate of drug-likeness (QED) is 0.172. The molecular formula is C29H23N5O3S. The fraction of sp³-hybridized carbons (Fsp3) is 0.0690. The molecule has 1 aromatic heterocycles. The second kappa shape index (κ2) is 10.6. The van der Waals surface area contributed by atoms with E-state index in [0.717, 1.165) is 28.9 Å². The summed E-state index contributed by atoms with van der Waals surface area (Å²) in [7, 11) is 0. The molecule has 8 nitrogen and oxygen atoms in total. The van der Waals surface area contributed by atoms with Crippen molar-refractivity contribution in [1.29, 1.82) is 0 Å². The topological polar surface area (TPSA) is 95.8 Å². The van der Waals surface area contributed by atoms with Crippen molar-refractivity contribution in [3.05, 3.63) is 108 Å². The van der Waals surface area contributed by atoms with Crippen molar-refractivity contribution in [3.63, 3.8) is 0 Å². The van der Waals surface area contributed by atoms with Crippen molar-refractivity contribution in [2.24, 2.45) is 11.0 Å². The minimum absolute atomic E-state index is 0.00618. The number of anilines is 1. The lowest BCUT2D eigenvalue weighted by Crippen LogP contribution is -2.58. The fourth-order valence-corrected chi connectivity index (χ4v) is 4.55. The first-order valence-electron chi connectivity index (χ1n) is 11.9. The first kappa shape index (κ1) is 24.8. The first-order chi connectivity index (χ1) is 18.4. The van der Waals surface area contributed by atoms with Crippen LogP contribution in [0.25, 0.3) is 16.9 Å². The van der Waals surface area contributed by atoms with Crippen molar-refractivity contribution in [3.8, 4) is 16.9 Å². The van der Waals surface area contributed by atoms with Gasteiger partial charge in [0.05, 0.1) is 11.4 Å². The summed E-state index contributed by atoms with van der Waals surface area (Å²) >= 11 is 5.18. The molecule has 0 saturated carbocycles. The van der Waals surface area contributed by atoms with E-state index in [-0.39, 0.29) is 5.11 Å². The van der Waals surface area contributed by atoms with Crippen LogP contribution in [-0.4, -0.2) is 33.6 Å². The Morgan fingerprint density at radius 1 is 0.895 bits per heavy atom. The van der Waals surface area contributed by atoms with Gasteiger partial charge in [0.25, 0.3) is 11.8 Å². The molecule has 1 saturated heterocycles. The van der Waals surface area contributed by atoms with Gasteiger partial charge in [-0.15, -0.1) is 0 Å². The Balaban J connectivity index is 1.29. The molecule has 5 rings (SSSR count). The summed E-state index contributed by atoms with van der Waals surface area (Å²) in [5.74, 6) is -2.87. The van der Waals surface area contributed by atoms with E-state index in [1.807, 2.05) is 49.4 Å². The molecule has 3 amide bonds. The number of carbonyl (C=O) groups excluding carboxylic acids is 3. The number of nitrogens with zero attached hydrogens (tertiary/aromatic N) is 3. The number of hydrazone groups is 1. The molecular weight excluding hydrogens is 498 g/mol. The molecule has 1 atom stereocenters. The maximum absolute atomic E-state index is 13.0. The van der Waals surface area contributed by atoms with Gasteiger partial charge in [-0.1, -0.05) is 48.5 Å². The SMILES string of the molecule is Cc1ccc(-c2ccccc2)n1-c1ccc(C(=O)N/N=C/[C@@H]2C(=O)NC(=S)N(c3ccccc3)C2=O)cc1. The van der Waals surface area contributed by atoms with Crippen LogP contribution in [0.4, 0.5) is 5.69 Å². The van der Waals surface area contributed by atoms with Crippen molar-refractivity contribution in [1.82, 2.24) is 15.3 Å². The third-order valence-electron chi connectivity index (χ3n) is 6.14. The van der Waals surface area contributed by atoms with Crippen molar-refractivity contribution in [2.45, 2.75) is 6.92 Å². The minimum Gasteiger partial charge on any atom is -0.314 e. The van der Waals surface area contributed by atoms with Gasteiger partial charge in [0.1, 0.15) is 0 Å². The molecule has 0 bridgehead atoms. The van der Waals surface area contributed by atoms with Crippen LogP contribution in [0.5, 0.6) is 0 Å². The van der Waals surface area contributed by atoms with Gasteiger partial charge in [-0.25, -0.2) is 5.43 Å². The fourth-order valence-electron chi connectivity index (χ4n) is 4.26. The summed E-state index contributed by atoms with van der Waals surface area (Å²) < 4.78 is 2.12. The zero-order chi connectivity index (χ0) is 26.6. The molecule has 0 spiro atoms. The van der Waals surface area contributed by atoms with Gasteiger partial charge in [-0.05, 0) is 73.2 Å². The van der Waals surface area contributed by atoms with E-state index in [1.54, 1.807) is 36.4 Å². The minimum atomic E-state index is -1.24. The molecule has 0 aliphatic carbocycles. The molecule has 9 heteroatoms. The van der Waals surface area contributed by atoms with E-state index < -0.39 is 23.6 Å². The van der Waals surface area contributed by atoms with Gasteiger partial charge in [-0.2, -0.15) is 5.10 Å². The number of para-hydroxylation sites is 1. The van der Waals surface area contributed by atoms with Gasteiger partial charge in [0, 0.05) is 23.2 Å². The Morgan fingerprint density at radius 2 is 1.55 bits per heavy atom. The molecule has 1 aliphatic heterocycles. The third kappa shape index (κ3) is 4.87. The van der Waals surface area contributed by atoms with Gasteiger partial charge in [0.2, 0.25) is 5.91 Å². The van der Waals surface area contributed by atoms with E-state index in [4.69, 9.17) is 12.2 Å². The van der Waals surface area contributed by atoms with Crippen LogP contribution in [0.3, 0.4) is 0 Å². The van der Waals surface area contributed by atoms with Crippen LogP contribution in [0.2, 0.25) is 0 Å². The number of aryl methyl sites for hydroxylation is 1. The second-order valence-electron chi connectivity index (χ2n) is 8.61. The molecule has 0 radical (unpaired) electrons. The summed E-state index contributed by atoms with van der Waals surface area (Å²) in [6, 6.07) is 30.0. The Hall–Kier alpha value is -4.89. The number of nitrogens with one attached hydrogen (secondary N) is 2. The lowest BCUT2D eigenvalue weighted by atomic mass is 10.1. The number of amides is 3. The van der Waals surface area contributed by atoms with Crippen molar-refractivity contribution >= 4 is 47.0 Å². The normalized spacial score (nSPS) is 15.6. The second-order valence-corrected chi connectivity index (χ2v) is 9.00. The highest BCUT2D eigenvalue weighted by atomic mass is 32.1. The third-order valence-corrected chi connectivity index (χ3v) is 6.42. The predicted molar refractivity (Wildman–Crippen MR) is 150 cm³/mol. The average Bonchev–Trinajstić information content (AvgIpc) is 3.32. The molecule has 38 heavy (non-hydrogen) atoms. The molecule has 1 fully saturated rings.